The van der Waals surface area contributed by atoms with E-state index in [2.05, 4.69) is 37.5 Å². The second-order valence-electron chi connectivity index (χ2n) is 9.18. The molecule has 2 atom stereocenters. The average molecular weight is 473 g/mol. The fraction of sp³-hybridized carbons (Fsp3) is 0.360. The van der Waals surface area contributed by atoms with E-state index in [-0.39, 0.29) is 18.5 Å². The zero-order chi connectivity index (χ0) is 23.4. The van der Waals surface area contributed by atoms with Gasteiger partial charge in [-0.15, -0.1) is 5.10 Å². The van der Waals surface area contributed by atoms with Gasteiger partial charge in [-0.1, -0.05) is 18.2 Å². The molecule has 2 aromatic heterocycles. The molecule has 3 aliphatic rings. The Morgan fingerprint density at radius 2 is 2.03 bits per heavy atom. The molecule has 1 fully saturated rings. The Morgan fingerprint density at radius 1 is 1.14 bits per heavy atom. The summed E-state index contributed by atoms with van der Waals surface area (Å²) in [6.45, 7) is 2.24. The van der Waals surface area contributed by atoms with Gasteiger partial charge in [0, 0.05) is 35.9 Å². The SMILES string of the molecule is O=c1[nH]c2cc3c(cc2cc1[C@H](c1nnnn1C[C@@H]1CCCO1)N1CCc2ccccc21)OCO3. The smallest absolute Gasteiger partial charge is 0.254 e. The lowest BCUT2D eigenvalue weighted by Gasteiger charge is -2.29. The van der Waals surface area contributed by atoms with Crippen molar-refractivity contribution in [3.8, 4) is 11.5 Å². The Kier molecular flexibility index (Phi) is 4.73. The first kappa shape index (κ1) is 20.5. The minimum atomic E-state index is -0.464. The molecular weight excluding hydrogens is 448 g/mol. The normalized spacial score (nSPS) is 19.4. The Hall–Kier alpha value is -3.92. The highest BCUT2D eigenvalue weighted by Gasteiger charge is 2.35. The van der Waals surface area contributed by atoms with Crippen molar-refractivity contribution in [3.63, 3.8) is 0 Å². The lowest BCUT2D eigenvalue weighted by Crippen LogP contribution is -2.35. The minimum absolute atomic E-state index is 0.0680. The number of hydrogen-bond donors (Lipinski definition) is 1. The Balaban J connectivity index is 1.39. The molecule has 1 N–H and O–H groups in total. The van der Waals surface area contributed by atoms with E-state index >= 15 is 0 Å². The number of rotatable bonds is 5. The number of hydrogen-bond acceptors (Lipinski definition) is 8. The number of pyridine rings is 1. The maximum Gasteiger partial charge on any atom is 0.254 e. The van der Waals surface area contributed by atoms with Crippen molar-refractivity contribution in [2.24, 2.45) is 0 Å². The zero-order valence-electron chi connectivity index (χ0n) is 19.0. The van der Waals surface area contributed by atoms with Gasteiger partial charge in [0.05, 0.1) is 18.2 Å². The van der Waals surface area contributed by atoms with Crippen LogP contribution in [0.3, 0.4) is 0 Å². The summed E-state index contributed by atoms with van der Waals surface area (Å²) in [6.07, 6.45) is 2.97. The van der Waals surface area contributed by atoms with Crippen LogP contribution in [0, 0.1) is 0 Å². The first-order valence-electron chi connectivity index (χ1n) is 11.9. The van der Waals surface area contributed by atoms with Crippen LogP contribution in [0.4, 0.5) is 5.69 Å². The largest absolute Gasteiger partial charge is 0.454 e. The number of aromatic amines is 1. The topological polar surface area (TPSA) is 107 Å². The van der Waals surface area contributed by atoms with Crippen LogP contribution in [0.15, 0.2) is 47.3 Å². The van der Waals surface area contributed by atoms with E-state index in [0.29, 0.717) is 34.9 Å². The molecule has 3 aliphatic heterocycles. The lowest BCUT2D eigenvalue weighted by molar-refractivity contribution is 0.0924. The molecule has 0 amide bonds. The number of ether oxygens (including phenoxy) is 3. The van der Waals surface area contributed by atoms with Gasteiger partial charge in [0.25, 0.3) is 5.56 Å². The summed E-state index contributed by atoms with van der Waals surface area (Å²) in [5.41, 5.74) is 3.43. The number of benzene rings is 2. The number of nitrogens with zero attached hydrogens (tertiary/aromatic N) is 5. The number of H-pyrrole nitrogens is 1. The molecule has 35 heavy (non-hydrogen) atoms. The summed E-state index contributed by atoms with van der Waals surface area (Å²) >= 11 is 0. The highest BCUT2D eigenvalue weighted by Crippen LogP contribution is 2.39. The highest BCUT2D eigenvalue weighted by molar-refractivity contribution is 5.83. The first-order valence-corrected chi connectivity index (χ1v) is 11.9. The van der Waals surface area contributed by atoms with Crippen LogP contribution in [-0.2, 0) is 17.7 Å². The van der Waals surface area contributed by atoms with E-state index in [1.54, 1.807) is 4.68 Å². The van der Waals surface area contributed by atoms with Gasteiger partial charge in [-0.2, -0.15) is 0 Å². The third kappa shape index (κ3) is 3.44. The molecule has 7 rings (SSSR count). The van der Waals surface area contributed by atoms with Crippen molar-refractivity contribution in [2.45, 2.75) is 38.0 Å². The fourth-order valence-corrected chi connectivity index (χ4v) is 5.41. The van der Waals surface area contributed by atoms with Gasteiger partial charge in [-0.05, 0) is 53.5 Å². The Morgan fingerprint density at radius 3 is 2.91 bits per heavy atom. The van der Waals surface area contributed by atoms with E-state index in [1.165, 1.54) is 5.56 Å². The first-order chi connectivity index (χ1) is 17.2. The summed E-state index contributed by atoms with van der Waals surface area (Å²) in [6, 6.07) is 13.5. The van der Waals surface area contributed by atoms with E-state index in [1.807, 2.05) is 30.3 Å². The molecule has 2 aromatic carbocycles. The summed E-state index contributed by atoms with van der Waals surface area (Å²) in [4.78, 5) is 18.8. The predicted molar refractivity (Wildman–Crippen MR) is 127 cm³/mol. The number of tetrazole rings is 1. The van der Waals surface area contributed by atoms with Gasteiger partial charge in [-0.3, -0.25) is 4.79 Å². The molecular formula is C25H24N6O4. The fourth-order valence-electron chi connectivity index (χ4n) is 5.41. The molecule has 5 heterocycles. The quantitative estimate of drug-likeness (QED) is 0.472. The summed E-state index contributed by atoms with van der Waals surface area (Å²) in [5, 5.41) is 13.6. The summed E-state index contributed by atoms with van der Waals surface area (Å²) < 4.78 is 18.7. The van der Waals surface area contributed by atoms with Gasteiger partial charge in [0.1, 0.15) is 6.04 Å². The third-order valence-corrected chi connectivity index (χ3v) is 7.10. The van der Waals surface area contributed by atoms with Crippen LogP contribution in [0.2, 0.25) is 0 Å². The molecule has 0 saturated carbocycles. The van der Waals surface area contributed by atoms with Crippen LogP contribution >= 0.6 is 0 Å². The molecule has 10 heteroatoms. The van der Waals surface area contributed by atoms with Crippen molar-refractivity contribution in [2.75, 3.05) is 24.8 Å². The molecule has 4 aromatic rings. The van der Waals surface area contributed by atoms with E-state index < -0.39 is 6.04 Å². The van der Waals surface area contributed by atoms with Crippen LogP contribution < -0.4 is 19.9 Å². The molecule has 0 unspecified atom stereocenters. The average Bonchev–Trinajstić information content (AvgIpc) is 3.67. The van der Waals surface area contributed by atoms with Gasteiger partial charge in [-0.25, -0.2) is 4.68 Å². The summed E-state index contributed by atoms with van der Waals surface area (Å²) in [5.74, 6) is 1.93. The highest BCUT2D eigenvalue weighted by atomic mass is 16.7. The lowest BCUT2D eigenvalue weighted by atomic mass is 10.0. The van der Waals surface area contributed by atoms with E-state index in [0.717, 1.165) is 43.5 Å². The molecule has 10 nitrogen and oxygen atoms in total. The van der Waals surface area contributed by atoms with Crippen LogP contribution in [0.1, 0.15) is 35.8 Å². The van der Waals surface area contributed by atoms with Crippen LogP contribution in [-0.4, -0.2) is 51.2 Å². The summed E-state index contributed by atoms with van der Waals surface area (Å²) in [7, 11) is 0. The number of fused-ring (bicyclic) bond motifs is 3. The van der Waals surface area contributed by atoms with E-state index in [9.17, 15) is 4.79 Å². The minimum Gasteiger partial charge on any atom is -0.454 e. The third-order valence-electron chi connectivity index (χ3n) is 7.10. The van der Waals surface area contributed by atoms with Crippen molar-refractivity contribution < 1.29 is 14.2 Å². The van der Waals surface area contributed by atoms with Crippen LogP contribution in [0.5, 0.6) is 11.5 Å². The molecule has 0 bridgehead atoms. The van der Waals surface area contributed by atoms with Gasteiger partial charge < -0.3 is 24.1 Å². The number of anilines is 1. The standard InChI is InChI=1S/C25H24N6O4/c32-25-18(10-16-11-21-22(35-14-34-21)12-19(16)26-25)23(30-8-7-15-4-1-2-6-20(15)30)24-27-28-29-31(24)13-17-5-3-9-33-17/h1-2,4,6,10-12,17,23H,3,5,7-9,13-14H2,(H,26,32)/t17-,23+/m0/s1. The van der Waals surface area contributed by atoms with E-state index in [4.69, 9.17) is 14.2 Å². The molecule has 0 radical (unpaired) electrons. The molecule has 178 valence electrons. The second kappa shape index (κ2) is 8.09. The Bertz CT molecular complexity index is 1470. The maximum absolute atomic E-state index is 13.5. The van der Waals surface area contributed by atoms with Crippen molar-refractivity contribution in [1.82, 2.24) is 25.2 Å². The molecule has 1 saturated heterocycles. The van der Waals surface area contributed by atoms with Crippen molar-refractivity contribution in [3.05, 3.63) is 69.8 Å². The second-order valence-corrected chi connectivity index (χ2v) is 9.18. The van der Waals surface area contributed by atoms with Gasteiger partial charge in [0.2, 0.25) is 6.79 Å². The van der Waals surface area contributed by atoms with Gasteiger partial charge in [0.15, 0.2) is 17.3 Å². The number of aromatic nitrogens is 5. The van der Waals surface area contributed by atoms with Crippen molar-refractivity contribution in [1.29, 1.82) is 0 Å². The molecule has 0 aliphatic carbocycles. The monoisotopic (exact) mass is 472 g/mol. The zero-order valence-corrected chi connectivity index (χ0v) is 19.0. The van der Waals surface area contributed by atoms with Gasteiger partial charge >= 0.3 is 0 Å². The number of nitrogens with one attached hydrogen (secondary N) is 1. The predicted octanol–water partition coefficient (Wildman–Crippen LogP) is 2.57. The Labute approximate surface area is 200 Å². The van der Waals surface area contributed by atoms with Crippen molar-refractivity contribution >= 4 is 16.6 Å². The number of para-hydroxylation sites is 1. The molecule has 0 spiro atoms. The van der Waals surface area contributed by atoms with Crippen LogP contribution in [0.25, 0.3) is 10.9 Å². The maximum atomic E-state index is 13.5.